The van der Waals surface area contributed by atoms with Crippen LogP contribution in [0.2, 0.25) is 0 Å². The van der Waals surface area contributed by atoms with Crippen LogP contribution in [0, 0.1) is 0 Å². The van der Waals surface area contributed by atoms with Crippen molar-refractivity contribution in [2.75, 3.05) is 7.05 Å². The van der Waals surface area contributed by atoms with Crippen LogP contribution in [0.1, 0.15) is 10.4 Å². The Morgan fingerprint density at radius 2 is 2.00 bits per heavy atom. The van der Waals surface area contributed by atoms with Gasteiger partial charge in [0.05, 0.1) is 5.69 Å². The van der Waals surface area contributed by atoms with E-state index in [0.29, 0.717) is 10.7 Å². The number of aromatic nitrogens is 4. The van der Waals surface area contributed by atoms with Gasteiger partial charge in [-0.05, 0) is 46.9 Å². The number of benzene rings is 1. The Bertz CT molecular complexity index is 566. The highest BCUT2D eigenvalue weighted by Gasteiger charge is 2.06. The molecule has 2 aromatic rings. The van der Waals surface area contributed by atoms with Crippen molar-refractivity contribution in [3.63, 3.8) is 0 Å². The van der Waals surface area contributed by atoms with Gasteiger partial charge in [0.15, 0.2) is 5.11 Å². The fraction of sp³-hybridized carbons (Fsp3) is 0.100. The van der Waals surface area contributed by atoms with E-state index in [1.54, 1.807) is 31.3 Å². The first-order valence-corrected chi connectivity index (χ1v) is 5.73. The van der Waals surface area contributed by atoms with E-state index in [2.05, 4.69) is 31.7 Å². The normalized spacial score (nSPS) is 9.74. The third kappa shape index (κ3) is 3.22. The molecule has 0 aliphatic rings. The summed E-state index contributed by atoms with van der Waals surface area (Å²) in [6.07, 6.45) is 1.47. The van der Waals surface area contributed by atoms with Crippen LogP contribution in [0.15, 0.2) is 30.6 Å². The molecule has 19 heavy (non-hydrogen) atoms. The molecule has 0 bridgehead atoms. The van der Waals surface area contributed by atoms with E-state index >= 15 is 0 Å². The zero-order valence-corrected chi connectivity index (χ0v) is 10.8. The zero-order chi connectivity index (χ0) is 13.7. The molecular formula is C10H11N7OS. The van der Waals surface area contributed by atoms with Crippen LogP contribution in [0.5, 0.6) is 0 Å². The van der Waals surface area contributed by atoms with Gasteiger partial charge in [-0.1, -0.05) is 0 Å². The highest BCUT2D eigenvalue weighted by atomic mass is 32.1. The molecule has 3 N–H and O–H groups in total. The Kier molecular flexibility index (Phi) is 3.98. The van der Waals surface area contributed by atoms with Crippen LogP contribution >= 0.6 is 12.2 Å². The number of nitrogens with zero attached hydrogens (tertiary/aromatic N) is 4. The Balaban J connectivity index is 2.02. The molecule has 2 rings (SSSR count). The van der Waals surface area contributed by atoms with Crippen molar-refractivity contribution in [2.24, 2.45) is 0 Å². The largest absolute Gasteiger partial charge is 0.364 e. The number of hydrazine groups is 1. The smallest absolute Gasteiger partial charge is 0.269 e. The summed E-state index contributed by atoms with van der Waals surface area (Å²) in [7, 11) is 1.66. The quantitative estimate of drug-likeness (QED) is 0.498. The summed E-state index contributed by atoms with van der Waals surface area (Å²) in [6, 6.07) is 6.80. The lowest BCUT2D eigenvalue weighted by Crippen LogP contribution is -2.45. The van der Waals surface area contributed by atoms with Crippen molar-refractivity contribution >= 4 is 23.2 Å². The Morgan fingerprint density at radius 1 is 1.26 bits per heavy atom. The first-order chi connectivity index (χ1) is 9.20. The molecule has 1 amide bonds. The average molecular weight is 277 g/mol. The molecule has 1 heterocycles. The number of carbonyl (C=O) groups is 1. The molecule has 0 aliphatic carbocycles. The van der Waals surface area contributed by atoms with E-state index in [1.165, 1.54) is 11.0 Å². The van der Waals surface area contributed by atoms with E-state index in [-0.39, 0.29) is 5.91 Å². The van der Waals surface area contributed by atoms with Gasteiger partial charge >= 0.3 is 0 Å². The van der Waals surface area contributed by atoms with E-state index in [9.17, 15) is 4.79 Å². The fourth-order valence-electron chi connectivity index (χ4n) is 1.29. The van der Waals surface area contributed by atoms with Gasteiger partial charge < -0.3 is 5.32 Å². The zero-order valence-electron chi connectivity index (χ0n) is 9.99. The van der Waals surface area contributed by atoms with Gasteiger partial charge in [-0.3, -0.25) is 15.6 Å². The Morgan fingerprint density at radius 3 is 2.58 bits per heavy atom. The number of tetrazole rings is 1. The molecule has 0 aliphatic heterocycles. The minimum atomic E-state index is -0.291. The van der Waals surface area contributed by atoms with E-state index in [0.717, 1.165) is 5.69 Å². The molecule has 98 valence electrons. The Labute approximate surface area is 114 Å². The van der Waals surface area contributed by atoms with Crippen LogP contribution < -0.4 is 16.2 Å². The minimum absolute atomic E-state index is 0.291. The van der Waals surface area contributed by atoms with Crippen molar-refractivity contribution < 1.29 is 4.79 Å². The molecule has 0 saturated carbocycles. The summed E-state index contributed by atoms with van der Waals surface area (Å²) in [4.78, 5) is 11.8. The van der Waals surface area contributed by atoms with Gasteiger partial charge in [0, 0.05) is 12.6 Å². The number of hydrogen-bond donors (Lipinski definition) is 3. The molecule has 1 aromatic heterocycles. The molecule has 0 fully saturated rings. The second kappa shape index (κ2) is 5.87. The molecule has 0 unspecified atom stereocenters. The summed E-state index contributed by atoms with van der Waals surface area (Å²) >= 11 is 4.84. The number of rotatable bonds is 2. The molecule has 8 nitrogen and oxygen atoms in total. The monoisotopic (exact) mass is 277 g/mol. The fourth-order valence-corrected chi connectivity index (χ4v) is 1.34. The van der Waals surface area contributed by atoms with Crippen molar-refractivity contribution in [3.05, 3.63) is 36.2 Å². The van der Waals surface area contributed by atoms with Gasteiger partial charge in [0.2, 0.25) is 0 Å². The number of nitrogens with one attached hydrogen (secondary N) is 3. The molecule has 0 atom stereocenters. The first-order valence-electron chi connectivity index (χ1n) is 5.32. The summed E-state index contributed by atoms with van der Waals surface area (Å²) in [5.74, 6) is -0.291. The van der Waals surface area contributed by atoms with Crippen LogP contribution in [-0.4, -0.2) is 38.3 Å². The van der Waals surface area contributed by atoms with E-state index in [1.807, 2.05) is 0 Å². The highest BCUT2D eigenvalue weighted by molar-refractivity contribution is 7.80. The van der Waals surface area contributed by atoms with Crippen molar-refractivity contribution in [1.29, 1.82) is 0 Å². The summed E-state index contributed by atoms with van der Waals surface area (Å²) in [5.41, 5.74) is 6.27. The van der Waals surface area contributed by atoms with Crippen LogP contribution in [0.3, 0.4) is 0 Å². The second-order valence-electron chi connectivity index (χ2n) is 3.46. The molecular weight excluding hydrogens is 266 g/mol. The molecule has 0 saturated heterocycles. The minimum Gasteiger partial charge on any atom is -0.364 e. The first kappa shape index (κ1) is 12.9. The predicted molar refractivity (Wildman–Crippen MR) is 71.4 cm³/mol. The van der Waals surface area contributed by atoms with Crippen molar-refractivity contribution in [3.8, 4) is 5.69 Å². The maximum absolute atomic E-state index is 11.8. The lowest BCUT2D eigenvalue weighted by atomic mass is 10.2. The lowest BCUT2D eigenvalue weighted by Gasteiger charge is -2.08. The third-order valence-corrected chi connectivity index (χ3v) is 2.57. The van der Waals surface area contributed by atoms with Gasteiger partial charge in [-0.25, -0.2) is 4.68 Å². The maximum atomic E-state index is 11.8. The van der Waals surface area contributed by atoms with Crippen molar-refractivity contribution in [1.82, 2.24) is 36.4 Å². The average Bonchev–Trinajstić information content (AvgIpc) is 2.98. The maximum Gasteiger partial charge on any atom is 0.269 e. The topological polar surface area (TPSA) is 96.8 Å². The second-order valence-corrected chi connectivity index (χ2v) is 3.87. The van der Waals surface area contributed by atoms with Crippen LogP contribution in [0.4, 0.5) is 0 Å². The SMILES string of the molecule is CNC(=S)NNC(=O)c1ccc(-n2cnnn2)cc1. The van der Waals surface area contributed by atoms with Crippen LogP contribution in [0.25, 0.3) is 5.69 Å². The standard InChI is InChI=1S/C10H11N7OS/c1-11-10(19)14-13-9(18)7-2-4-8(5-3-7)17-6-12-15-16-17/h2-6H,1H3,(H,13,18)(H2,11,14,19). The number of amides is 1. The summed E-state index contributed by atoms with van der Waals surface area (Å²) in [5, 5.41) is 13.8. The number of hydrogen-bond acceptors (Lipinski definition) is 5. The molecule has 0 spiro atoms. The van der Waals surface area contributed by atoms with Gasteiger partial charge in [-0.2, -0.15) is 0 Å². The van der Waals surface area contributed by atoms with Gasteiger partial charge in [-0.15, -0.1) is 5.10 Å². The molecule has 0 radical (unpaired) electrons. The molecule has 9 heteroatoms. The predicted octanol–water partition coefficient (Wildman–Crippen LogP) is -0.599. The molecule has 1 aromatic carbocycles. The number of thiocarbonyl (C=S) groups is 1. The van der Waals surface area contributed by atoms with Crippen molar-refractivity contribution in [2.45, 2.75) is 0 Å². The number of carbonyl (C=O) groups excluding carboxylic acids is 1. The van der Waals surface area contributed by atoms with E-state index in [4.69, 9.17) is 12.2 Å². The Hall–Kier alpha value is -2.55. The van der Waals surface area contributed by atoms with E-state index < -0.39 is 0 Å². The highest BCUT2D eigenvalue weighted by Crippen LogP contribution is 2.07. The summed E-state index contributed by atoms with van der Waals surface area (Å²) < 4.78 is 1.50. The third-order valence-electron chi connectivity index (χ3n) is 2.26. The lowest BCUT2D eigenvalue weighted by molar-refractivity contribution is 0.0944. The van der Waals surface area contributed by atoms with Gasteiger partial charge in [0.25, 0.3) is 5.91 Å². The summed E-state index contributed by atoms with van der Waals surface area (Å²) in [6.45, 7) is 0. The van der Waals surface area contributed by atoms with Crippen LogP contribution in [-0.2, 0) is 0 Å². The van der Waals surface area contributed by atoms with Gasteiger partial charge in [0.1, 0.15) is 6.33 Å².